The van der Waals surface area contributed by atoms with Crippen molar-refractivity contribution in [3.8, 4) is 0 Å². The molecule has 2 rings (SSSR count). The number of aliphatic hydroxyl groups excluding tert-OH is 1. The Bertz CT molecular complexity index is 212. The molecule has 94 valence electrons. The highest BCUT2D eigenvalue weighted by molar-refractivity contribution is 4.90. The van der Waals surface area contributed by atoms with Gasteiger partial charge in [-0.2, -0.15) is 0 Å². The Balaban J connectivity index is 1.79. The van der Waals surface area contributed by atoms with Crippen molar-refractivity contribution in [1.82, 2.24) is 4.90 Å². The maximum absolute atomic E-state index is 9.85. The molecule has 4 heteroatoms. The fraction of sp³-hybridized carbons (Fsp3) is 1.00. The summed E-state index contributed by atoms with van der Waals surface area (Å²) >= 11 is 0. The largest absolute Gasteiger partial charge is 0.389 e. The van der Waals surface area contributed by atoms with Crippen LogP contribution in [0.5, 0.6) is 0 Å². The number of aliphatic hydroxyl groups is 1. The fourth-order valence-electron chi connectivity index (χ4n) is 2.81. The molecule has 0 radical (unpaired) electrons. The van der Waals surface area contributed by atoms with E-state index in [-0.39, 0.29) is 6.10 Å². The van der Waals surface area contributed by atoms with Crippen LogP contribution in [0, 0.1) is 0 Å². The summed E-state index contributed by atoms with van der Waals surface area (Å²) in [4.78, 5) is 2.38. The standard InChI is InChI=1S/C12H23NO3/c1-2-15-9-10(14)8-13-6-7-16-12-5-3-4-11(12)13/h10-12,14H,2-9H2,1H3. The van der Waals surface area contributed by atoms with Gasteiger partial charge in [0.15, 0.2) is 0 Å². The Morgan fingerprint density at radius 2 is 2.38 bits per heavy atom. The lowest BCUT2D eigenvalue weighted by molar-refractivity contribution is -0.0745. The summed E-state index contributed by atoms with van der Waals surface area (Å²) in [5.74, 6) is 0. The van der Waals surface area contributed by atoms with Crippen LogP contribution < -0.4 is 0 Å². The van der Waals surface area contributed by atoms with Gasteiger partial charge in [-0.1, -0.05) is 0 Å². The monoisotopic (exact) mass is 229 g/mol. The Morgan fingerprint density at radius 3 is 3.19 bits per heavy atom. The van der Waals surface area contributed by atoms with E-state index in [0.29, 0.717) is 25.4 Å². The lowest BCUT2D eigenvalue weighted by Gasteiger charge is -2.38. The smallest absolute Gasteiger partial charge is 0.0900 e. The summed E-state index contributed by atoms with van der Waals surface area (Å²) in [6.07, 6.45) is 3.70. The number of ether oxygens (including phenoxy) is 2. The number of morpholine rings is 1. The summed E-state index contributed by atoms with van der Waals surface area (Å²) in [5, 5.41) is 9.85. The molecular weight excluding hydrogens is 206 g/mol. The van der Waals surface area contributed by atoms with Crippen molar-refractivity contribution in [1.29, 1.82) is 0 Å². The first kappa shape index (κ1) is 12.3. The minimum atomic E-state index is -0.362. The summed E-state index contributed by atoms with van der Waals surface area (Å²) in [5.41, 5.74) is 0. The molecule has 1 aliphatic heterocycles. The molecule has 0 aromatic heterocycles. The lowest BCUT2D eigenvalue weighted by Crippen LogP contribution is -2.51. The number of rotatable bonds is 5. The highest BCUT2D eigenvalue weighted by Crippen LogP contribution is 2.29. The van der Waals surface area contributed by atoms with E-state index in [9.17, 15) is 5.11 Å². The number of hydrogen-bond acceptors (Lipinski definition) is 4. The molecule has 4 nitrogen and oxygen atoms in total. The molecule has 0 amide bonds. The normalized spacial score (nSPS) is 32.6. The molecule has 0 aromatic rings. The molecule has 1 aliphatic carbocycles. The molecular formula is C12H23NO3. The molecule has 1 saturated carbocycles. The lowest BCUT2D eigenvalue weighted by atomic mass is 10.1. The van der Waals surface area contributed by atoms with Crippen molar-refractivity contribution in [3.63, 3.8) is 0 Å². The van der Waals surface area contributed by atoms with Gasteiger partial charge in [-0.25, -0.2) is 0 Å². The highest BCUT2D eigenvalue weighted by Gasteiger charge is 2.36. The van der Waals surface area contributed by atoms with Crippen molar-refractivity contribution < 1.29 is 14.6 Å². The second kappa shape index (κ2) is 5.96. The van der Waals surface area contributed by atoms with E-state index in [1.165, 1.54) is 19.3 Å². The quantitative estimate of drug-likeness (QED) is 0.751. The number of fused-ring (bicyclic) bond motifs is 1. The SMILES string of the molecule is CCOCC(O)CN1CCOC2CCCC21. The molecule has 16 heavy (non-hydrogen) atoms. The zero-order valence-corrected chi connectivity index (χ0v) is 10.1. The number of nitrogens with zero attached hydrogens (tertiary/aromatic N) is 1. The molecule has 1 heterocycles. The minimum absolute atomic E-state index is 0.362. The first-order valence-electron chi connectivity index (χ1n) is 6.42. The van der Waals surface area contributed by atoms with Crippen LogP contribution in [0.15, 0.2) is 0 Å². The molecule has 2 aliphatic rings. The van der Waals surface area contributed by atoms with Gasteiger partial charge in [-0.05, 0) is 26.2 Å². The Labute approximate surface area is 97.5 Å². The molecule has 3 unspecified atom stereocenters. The van der Waals surface area contributed by atoms with Gasteiger partial charge in [0.2, 0.25) is 0 Å². The van der Waals surface area contributed by atoms with Crippen LogP contribution in [0.2, 0.25) is 0 Å². The number of β-amino-alcohol motifs (C(OH)–C–C–N with tert-alkyl or cyclic N) is 1. The second-order valence-corrected chi connectivity index (χ2v) is 4.72. The first-order chi connectivity index (χ1) is 7.81. The summed E-state index contributed by atoms with van der Waals surface area (Å²) in [6, 6.07) is 0.532. The van der Waals surface area contributed by atoms with E-state index in [2.05, 4.69) is 4.90 Å². The molecule has 1 N–H and O–H groups in total. The maximum Gasteiger partial charge on any atom is 0.0900 e. The van der Waals surface area contributed by atoms with Crippen LogP contribution in [0.4, 0.5) is 0 Å². The zero-order valence-electron chi connectivity index (χ0n) is 10.1. The summed E-state index contributed by atoms with van der Waals surface area (Å²) < 4.78 is 11.0. The topological polar surface area (TPSA) is 41.9 Å². The van der Waals surface area contributed by atoms with E-state index in [1.807, 2.05) is 6.92 Å². The van der Waals surface area contributed by atoms with Crippen molar-refractivity contribution >= 4 is 0 Å². The van der Waals surface area contributed by atoms with Crippen molar-refractivity contribution in [3.05, 3.63) is 0 Å². The van der Waals surface area contributed by atoms with Gasteiger partial charge in [0, 0.05) is 25.7 Å². The van der Waals surface area contributed by atoms with E-state index >= 15 is 0 Å². The van der Waals surface area contributed by atoms with Crippen molar-refractivity contribution in [2.24, 2.45) is 0 Å². The molecule has 0 spiro atoms. The van der Waals surface area contributed by atoms with Gasteiger partial charge in [-0.3, -0.25) is 4.90 Å². The Kier molecular flexibility index (Phi) is 4.58. The minimum Gasteiger partial charge on any atom is -0.389 e. The average molecular weight is 229 g/mol. The highest BCUT2D eigenvalue weighted by atomic mass is 16.5. The van der Waals surface area contributed by atoms with Crippen LogP contribution in [0.25, 0.3) is 0 Å². The van der Waals surface area contributed by atoms with Gasteiger partial charge >= 0.3 is 0 Å². The van der Waals surface area contributed by atoms with Crippen molar-refractivity contribution in [2.75, 3.05) is 32.9 Å². The fourth-order valence-corrected chi connectivity index (χ4v) is 2.81. The van der Waals surface area contributed by atoms with Gasteiger partial charge in [0.1, 0.15) is 0 Å². The molecule has 1 saturated heterocycles. The Morgan fingerprint density at radius 1 is 1.50 bits per heavy atom. The third kappa shape index (κ3) is 2.94. The predicted octanol–water partition coefficient (Wildman–Crippen LogP) is 0.637. The second-order valence-electron chi connectivity index (χ2n) is 4.72. The van der Waals surface area contributed by atoms with Crippen LogP contribution in [0.1, 0.15) is 26.2 Å². The Hall–Kier alpha value is -0.160. The molecule has 0 aromatic carbocycles. The van der Waals surface area contributed by atoms with Gasteiger partial charge in [0.25, 0.3) is 0 Å². The first-order valence-corrected chi connectivity index (χ1v) is 6.42. The third-order valence-electron chi connectivity index (χ3n) is 3.56. The number of hydrogen-bond donors (Lipinski definition) is 1. The van der Waals surface area contributed by atoms with E-state index in [4.69, 9.17) is 9.47 Å². The van der Waals surface area contributed by atoms with Gasteiger partial charge in [-0.15, -0.1) is 0 Å². The average Bonchev–Trinajstić information content (AvgIpc) is 2.75. The molecule has 2 fully saturated rings. The van der Waals surface area contributed by atoms with Gasteiger partial charge in [0.05, 0.1) is 25.4 Å². The summed E-state index contributed by atoms with van der Waals surface area (Å²) in [7, 11) is 0. The van der Waals surface area contributed by atoms with Crippen LogP contribution in [-0.4, -0.2) is 61.2 Å². The summed E-state index contributed by atoms with van der Waals surface area (Å²) in [6.45, 7) is 5.56. The zero-order chi connectivity index (χ0) is 11.4. The van der Waals surface area contributed by atoms with Crippen molar-refractivity contribution in [2.45, 2.75) is 44.4 Å². The van der Waals surface area contributed by atoms with E-state index < -0.39 is 0 Å². The molecule has 0 bridgehead atoms. The van der Waals surface area contributed by atoms with Crippen LogP contribution in [-0.2, 0) is 9.47 Å². The predicted molar refractivity (Wildman–Crippen MR) is 61.5 cm³/mol. The third-order valence-corrected chi connectivity index (χ3v) is 3.56. The molecule has 3 atom stereocenters. The maximum atomic E-state index is 9.85. The van der Waals surface area contributed by atoms with E-state index in [0.717, 1.165) is 19.7 Å². The van der Waals surface area contributed by atoms with E-state index in [1.54, 1.807) is 0 Å². The van der Waals surface area contributed by atoms with Crippen LogP contribution >= 0.6 is 0 Å². The van der Waals surface area contributed by atoms with Crippen LogP contribution in [0.3, 0.4) is 0 Å². The van der Waals surface area contributed by atoms with Gasteiger partial charge < -0.3 is 14.6 Å².